The molecule has 0 aliphatic carbocycles. The van der Waals surface area contributed by atoms with Crippen LogP contribution in [0, 0.1) is 6.92 Å². The largest absolute Gasteiger partial charge is 0.400 e. The Morgan fingerprint density at radius 3 is 1.44 bits per heavy atom. The van der Waals surface area contributed by atoms with Gasteiger partial charge in [0.15, 0.2) is 0 Å². The molecule has 0 aliphatic rings. The van der Waals surface area contributed by atoms with Crippen LogP contribution < -0.4 is 0 Å². The van der Waals surface area contributed by atoms with Crippen molar-refractivity contribution in [2.24, 2.45) is 0 Å². The van der Waals surface area contributed by atoms with Gasteiger partial charge in [-0.05, 0) is 18.9 Å². The molecule has 16 heavy (non-hydrogen) atoms. The summed E-state index contributed by atoms with van der Waals surface area (Å²) in [6.45, 7) is 12.5. The van der Waals surface area contributed by atoms with Gasteiger partial charge in [-0.3, -0.25) is 0 Å². The van der Waals surface area contributed by atoms with Gasteiger partial charge in [0.2, 0.25) is 0 Å². The molecule has 1 N–H and O–H groups in total. The highest BCUT2D eigenvalue weighted by molar-refractivity contribution is 5.20. The third-order valence-electron chi connectivity index (χ3n) is 1.53. The van der Waals surface area contributed by atoms with Crippen LogP contribution in [0.4, 0.5) is 0 Å². The van der Waals surface area contributed by atoms with Gasteiger partial charge in [0.25, 0.3) is 0 Å². The smallest absolute Gasteiger partial charge is 0.0319 e. The molecule has 0 saturated carbocycles. The third-order valence-corrected chi connectivity index (χ3v) is 1.53. The lowest BCUT2D eigenvalue weighted by Gasteiger charge is -1.94. The van der Waals surface area contributed by atoms with Crippen molar-refractivity contribution in [1.82, 2.24) is 0 Å². The quantitative estimate of drug-likeness (QED) is 0.741. The minimum atomic E-state index is 1.00. The first-order valence-corrected chi connectivity index (χ1v) is 6.24. The molecule has 0 aromatic heterocycles. The molecule has 0 aliphatic heterocycles. The Hall–Kier alpha value is -0.820. The van der Waals surface area contributed by atoms with E-state index in [1.807, 2.05) is 13.8 Å². The molecule has 0 bridgehead atoms. The molecule has 1 heteroatoms. The molecular weight excluding hydrogens is 196 g/mol. The van der Waals surface area contributed by atoms with Crippen molar-refractivity contribution in [3.63, 3.8) is 0 Å². The molecule has 0 unspecified atom stereocenters. The van der Waals surface area contributed by atoms with Crippen LogP contribution >= 0.6 is 0 Å². The fourth-order valence-corrected chi connectivity index (χ4v) is 0.824. The first kappa shape index (κ1) is 20.6. The van der Waals surface area contributed by atoms with E-state index in [0.717, 1.165) is 13.5 Å². The first-order chi connectivity index (χ1) is 7.74. The zero-order valence-corrected chi connectivity index (χ0v) is 12.2. The Balaban J connectivity index is -0.000000206. The third kappa shape index (κ3) is 15.6. The molecule has 1 rings (SSSR count). The first-order valence-electron chi connectivity index (χ1n) is 6.24. The van der Waals surface area contributed by atoms with Crippen LogP contribution in [0.2, 0.25) is 0 Å². The molecule has 1 aromatic carbocycles. The second kappa shape index (κ2) is 19.7. The summed E-state index contributed by atoms with van der Waals surface area (Å²) in [5.74, 6) is 0. The van der Waals surface area contributed by atoms with Crippen molar-refractivity contribution in [3.05, 3.63) is 35.4 Å². The predicted molar refractivity (Wildman–Crippen MR) is 76.0 cm³/mol. The van der Waals surface area contributed by atoms with Crippen molar-refractivity contribution >= 4 is 0 Å². The Morgan fingerprint density at radius 2 is 1.19 bits per heavy atom. The van der Waals surface area contributed by atoms with Crippen LogP contribution in [-0.2, 0) is 6.42 Å². The fraction of sp³-hybridized carbons (Fsp3) is 0.600. The lowest BCUT2D eigenvalue weighted by molar-refractivity contribution is 0.399. The van der Waals surface area contributed by atoms with E-state index in [1.165, 1.54) is 17.5 Å². The summed E-state index contributed by atoms with van der Waals surface area (Å²) < 4.78 is 0. The zero-order valence-electron chi connectivity index (χ0n) is 12.2. The van der Waals surface area contributed by atoms with E-state index < -0.39 is 0 Å². The van der Waals surface area contributed by atoms with Gasteiger partial charge in [0.1, 0.15) is 0 Å². The van der Waals surface area contributed by atoms with Gasteiger partial charge < -0.3 is 5.11 Å². The molecule has 0 spiro atoms. The Morgan fingerprint density at radius 1 is 0.875 bits per heavy atom. The number of aryl methyl sites for hydroxylation is 2. The number of aliphatic hydroxyl groups excluding tert-OH is 1. The van der Waals surface area contributed by atoms with Crippen LogP contribution in [0.25, 0.3) is 0 Å². The van der Waals surface area contributed by atoms with Crippen LogP contribution in [0.15, 0.2) is 24.3 Å². The number of aliphatic hydroxyl groups is 1. The molecule has 0 saturated heterocycles. The Bertz CT molecular complexity index is 189. The van der Waals surface area contributed by atoms with Crippen molar-refractivity contribution < 1.29 is 5.11 Å². The summed E-state index contributed by atoms with van der Waals surface area (Å²) in [6, 6.07) is 8.66. The van der Waals surface area contributed by atoms with Crippen LogP contribution in [-0.4, -0.2) is 12.2 Å². The number of hydrogen-bond acceptors (Lipinski definition) is 1. The average molecular weight is 226 g/mol. The second-order valence-corrected chi connectivity index (χ2v) is 3.05. The van der Waals surface area contributed by atoms with Crippen molar-refractivity contribution in [3.8, 4) is 0 Å². The highest BCUT2D eigenvalue weighted by atomic mass is 16.2. The van der Waals surface area contributed by atoms with E-state index in [1.54, 1.807) is 0 Å². The van der Waals surface area contributed by atoms with Gasteiger partial charge >= 0.3 is 0 Å². The molecule has 0 radical (unpaired) electrons. The SMILES string of the molecule is CC.CCC.CCc1ccc(C)cc1.CO. The molecule has 0 atom stereocenters. The molecule has 96 valence electrons. The monoisotopic (exact) mass is 226 g/mol. The van der Waals surface area contributed by atoms with E-state index in [0.29, 0.717) is 0 Å². The second-order valence-electron chi connectivity index (χ2n) is 3.05. The highest BCUT2D eigenvalue weighted by Gasteiger charge is 1.84. The van der Waals surface area contributed by atoms with Gasteiger partial charge in [-0.1, -0.05) is 70.9 Å². The Labute approximate surface area is 103 Å². The van der Waals surface area contributed by atoms with Gasteiger partial charge in [-0.25, -0.2) is 0 Å². The summed E-state index contributed by atoms with van der Waals surface area (Å²) in [6.07, 6.45) is 2.39. The molecule has 0 amide bonds. The summed E-state index contributed by atoms with van der Waals surface area (Å²) >= 11 is 0. The number of rotatable bonds is 1. The highest BCUT2D eigenvalue weighted by Crippen LogP contribution is 2.02. The summed E-state index contributed by atoms with van der Waals surface area (Å²) in [4.78, 5) is 0. The van der Waals surface area contributed by atoms with Crippen LogP contribution in [0.5, 0.6) is 0 Å². The topological polar surface area (TPSA) is 20.2 Å². The lowest BCUT2D eigenvalue weighted by atomic mass is 10.1. The maximum atomic E-state index is 7.00. The summed E-state index contributed by atoms with van der Waals surface area (Å²) in [7, 11) is 1.00. The van der Waals surface area contributed by atoms with E-state index in [9.17, 15) is 0 Å². The maximum absolute atomic E-state index is 7.00. The zero-order chi connectivity index (χ0) is 13.4. The standard InChI is InChI=1S/C9H12.C3H8.C2H6.CH4O/c1-3-9-6-4-8(2)5-7-9;1-3-2;2*1-2/h4-7H,3H2,1-2H3;3H2,1-2H3;1-2H3;2H,1H3. The van der Waals surface area contributed by atoms with Crippen LogP contribution in [0.3, 0.4) is 0 Å². The van der Waals surface area contributed by atoms with Gasteiger partial charge in [0, 0.05) is 7.11 Å². The Kier molecular flexibility index (Phi) is 25.3. The molecule has 0 heterocycles. The molecule has 0 fully saturated rings. The van der Waals surface area contributed by atoms with Crippen LogP contribution in [0.1, 0.15) is 52.2 Å². The maximum Gasteiger partial charge on any atom is 0.0319 e. The van der Waals surface area contributed by atoms with E-state index in [4.69, 9.17) is 5.11 Å². The predicted octanol–water partition coefficient (Wildman–Crippen LogP) is 4.61. The molecular formula is C15H30O. The van der Waals surface area contributed by atoms with E-state index in [2.05, 4.69) is 52.0 Å². The van der Waals surface area contributed by atoms with E-state index >= 15 is 0 Å². The average Bonchev–Trinajstić information content (AvgIpc) is 2.36. The minimum absolute atomic E-state index is 1.00. The lowest BCUT2D eigenvalue weighted by Crippen LogP contribution is -1.77. The van der Waals surface area contributed by atoms with Gasteiger partial charge in [0.05, 0.1) is 0 Å². The minimum Gasteiger partial charge on any atom is -0.400 e. The number of hydrogen-bond donors (Lipinski definition) is 1. The van der Waals surface area contributed by atoms with Crippen molar-refractivity contribution in [2.75, 3.05) is 7.11 Å². The fourth-order valence-electron chi connectivity index (χ4n) is 0.824. The number of benzene rings is 1. The molecule has 1 nitrogen and oxygen atoms in total. The summed E-state index contributed by atoms with van der Waals surface area (Å²) in [5, 5.41) is 7.00. The normalized spacial score (nSPS) is 7.25. The van der Waals surface area contributed by atoms with Gasteiger partial charge in [-0.2, -0.15) is 0 Å². The van der Waals surface area contributed by atoms with Crippen molar-refractivity contribution in [2.45, 2.75) is 54.4 Å². The van der Waals surface area contributed by atoms with Crippen molar-refractivity contribution in [1.29, 1.82) is 0 Å². The summed E-state index contributed by atoms with van der Waals surface area (Å²) in [5.41, 5.74) is 2.76. The van der Waals surface area contributed by atoms with Gasteiger partial charge in [-0.15, -0.1) is 0 Å². The molecule has 1 aromatic rings. The van der Waals surface area contributed by atoms with E-state index in [-0.39, 0.29) is 0 Å².